The zero-order valence-corrected chi connectivity index (χ0v) is 7.33. The summed E-state index contributed by atoms with van der Waals surface area (Å²) in [5, 5.41) is 8.58. The van der Waals surface area contributed by atoms with Gasteiger partial charge in [0.2, 0.25) is 0 Å². The molecule has 0 aliphatic rings. The van der Waals surface area contributed by atoms with Crippen molar-refractivity contribution in [2.75, 3.05) is 0 Å². The van der Waals surface area contributed by atoms with E-state index >= 15 is 0 Å². The summed E-state index contributed by atoms with van der Waals surface area (Å²) >= 11 is 0. The van der Waals surface area contributed by atoms with Crippen molar-refractivity contribution in [1.29, 1.82) is 0 Å². The zero-order chi connectivity index (χ0) is 9.84. The maximum absolute atomic E-state index is 10.6. The van der Waals surface area contributed by atoms with Gasteiger partial charge in [-0.15, -0.1) is 0 Å². The number of aromatic amines is 1. The molecule has 1 heterocycles. The molecule has 1 aromatic heterocycles. The van der Waals surface area contributed by atoms with Gasteiger partial charge in [0.25, 0.3) is 0 Å². The fraction of sp³-hybridized carbons (Fsp3) is 0.333. The van der Waals surface area contributed by atoms with E-state index < -0.39 is 5.97 Å². The Balaban J connectivity index is 2.59. The number of hydrogen-bond acceptors (Lipinski definition) is 2. The number of H-pyrrole nitrogens is 1. The number of carboxylic acid groups (broad SMARTS) is 1. The highest BCUT2D eigenvalue weighted by atomic mass is 16.4. The Morgan fingerprint density at radius 2 is 2.15 bits per heavy atom. The van der Waals surface area contributed by atoms with E-state index in [4.69, 9.17) is 5.11 Å². The third-order valence-corrected chi connectivity index (χ3v) is 1.72. The second kappa shape index (κ2) is 3.89. The first-order valence-electron chi connectivity index (χ1n) is 4.00. The van der Waals surface area contributed by atoms with Gasteiger partial charge in [0.05, 0.1) is 0 Å². The van der Waals surface area contributed by atoms with E-state index in [0.29, 0.717) is 12.8 Å². The predicted octanol–water partition coefficient (Wildman–Crippen LogP) is 1.23. The molecule has 0 amide bonds. The lowest BCUT2D eigenvalue weighted by molar-refractivity contribution is -0.116. The van der Waals surface area contributed by atoms with Gasteiger partial charge in [0, 0.05) is 12.1 Å². The number of Topliss-reactive ketones (excluding diaryl/α,β-unsaturated/α-hetero) is 1. The smallest absolute Gasteiger partial charge is 0.352 e. The van der Waals surface area contributed by atoms with Gasteiger partial charge in [-0.2, -0.15) is 0 Å². The van der Waals surface area contributed by atoms with E-state index in [1.54, 1.807) is 6.07 Å². The molecule has 0 saturated carbocycles. The van der Waals surface area contributed by atoms with Crippen molar-refractivity contribution in [3.63, 3.8) is 0 Å². The molecule has 0 saturated heterocycles. The lowest BCUT2D eigenvalue weighted by Crippen LogP contribution is -1.98. The van der Waals surface area contributed by atoms with Crippen molar-refractivity contribution in [2.45, 2.75) is 19.8 Å². The summed E-state index contributed by atoms with van der Waals surface area (Å²) in [5.41, 5.74) is 0.950. The van der Waals surface area contributed by atoms with Crippen molar-refractivity contribution in [3.8, 4) is 0 Å². The van der Waals surface area contributed by atoms with Crippen molar-refractivity contribution in [2.24, 2.45) is 0 Å². The first kappa shape index (κ1) is 9.51. The Labute approximate surface area is 75.6 Å². The van der Waals surface area contributed by atoms with Crippen LogP contribution in [0.25, 0.3) is 0 Å². The molecule has 2 N–H and O–H groups in total. The number of hydrogen-bond donors (Lipinski definition) is 2. The monoisotopic (exact) mass is 181 g/mol. The molecule has 0 radical (unpaired) electrons. The maximum Gasteiger partial charge on any atom is 0.352 e. The number of carbonyl (C=O) groups excluding carboxylic acids is 1. The molecule has 0 fully saturated rings. The van der Waals surface area contributed by atoms with Gasteiger partial charge < -0.3 is 14.9 Å². The zero-order valence-electron chi connectivity index (χ0n) is 7.33. The first-order chi connectivity index (χ1) is 6.09. The van der Waals surface area contributed by atoms with Crippen LogP contribution in [0.2, 0.25) is 0 Å². The molecule has 0 bridgehead atoms. The number of aryl methyl sites for hydroxylation is 1. The fourth-order valence-corrected chi connectivity index (χ4v) is 1.02. The van der Waals surface area contributed by atoms with Gasteiger partial charge in [-0.05, 0) is 25.5 Å². The van der Waals surface area contributed by atoms with Crippen LogP contribution >= 0.6 is 0 Å². The normalized spacial score (nSPS) is 9.92. The lowest BCUT2D eigenvalue weighted by Gasteiger charge is -1.93. The van der Waals surface area contributed by atoms with Gasteiger partial charge in [-0.25, -0.2) is 4.79 Å². The SMILES string of the molecule is CC(=O)CCc1ccc(C(=O)O)[nH]1. The van der Waals surface area contributed by atoms with Crippen LogP contribution in [0, 0.1) is 0 Å². The third-order valence-electron chi connectivity index (χ3n) is 1.72. The Morgan fingerprint density at radius 1 is 1.46 bits per heavy atom. The highest BCUT2D eigenvalue weighted by Gasteiger charge is 2.05. The number of aromatic carboxylic acids is 1. The van der Waals surface area contributed by atoms with E-state index in [2.05, 4.69) is 4.98 Å². The number of rotatable bonds is 4. The second-order valence-corrected chi connectivity index (χ2v) is 2.90. The summed E-state index contributed by atoms with van der Waals surface area (Å²) in [6, 6.07) is 3.18. The minimum atomic E-state index is -0.978. The van der Waals surface area contributed by atoms with Crippen LogP contribution in [0.1, 0.15) is 29.5 Å². The van der Waals surface area contributed by atoms with E-state index in [-0.39, 0.29) is 11.5 Å². The van der Waals surface area contributed by atoms with E-state index in [1.165, 1.54) is 13.0 Å². The van der Waals surface area contributed by atoms with Crippen molar-refractivity contribution >= 4 is 11.8 Å². The van der Waals surface area contributed by atoms with Crippen molar-refractivity contribution in [3.05, 3.63) is 23.5 Å². The average molecular weight is 181 g/mol. The number of ketones is 1. The quantitative estimate of drug-likeness (QED) is 0.734. The van der Waals surface area contributed by atoms with Crippen LogP contribution in [0.15, 0.2) is 12.1 Å². The molecule has 1 rings (SSSR count). The summed E-state index contributed by atoms with van der Waals surface area (Å²) in [5.74, 6) is -0.874. The van der Waals surface area contributed by atoms with Crippen LogP contribution in [0.4, 0.5) is 0 Å². The van der Waals surface area contributed by atoms with Crippen LogP contribution in [0.5, 0.6) is 0 Å². The molecule has 0 aromatic carbocycles. The highest BCUT2D eigenvalue weighted by molar-refractivity contribution is 5.85. The highest BCUT2D eigenvalue weighted by Crippen LogP contribution is 2.04. The minimum absolute atomic E-state index is 0.103. The van der Waals surface area contributed by atoms with E-state index in [9.17, 15) is 9.59 Å². The molecule has 0 aliphatic heterocycles. The molecular weight excluding hydrogens is 170 g/mol. The third kappa shape index (κ3) is 2.74. The molecule has 4 heteroatoms. The number of carboxylic acids is 1. The van der Waals surface area contributed by atoms with E-state index in [1.807, 2.05) is 0 Å². The Morgan fingerprint density at radius 3 is 2.62 bits per heavy atom. The minimum Gasteiger partial charge on any atom is -0.477 e. The Kier molecular flexibility index (Phi) is 2.84. The first-order valence-corrected chi connectivity index (χ1v) is 4.00. The van der Waals surface area contributed by atoms with E-state index in [0.717, 1.165) is 5.69 Å². The Bertz CT molecular complexity index is 327. The molecule has 0 spiro atoms. The summed E-state index contributed by atoms with van der Waals surface area (Å²) in [4.78, 5) is 23.8. The number of nitrogens with one attached hydrogen (secondary N) is 1. The van der Waals surface area contributed by atoms with Gasteiger partial charge in [-0.3, -0.25) is 0 Å². The van der Waals surface area contributed by atoms with Gasteiger partial charge in [0.1, 0.15) is 11.5 Å². The Hall–Kier alpha value is -1.58. The van der Waals surface area contributed by atoms with Crippen LogP contribution in [0.3, 0.4) is 0 Å². The van der Waals surface area contributed by atoms with Crippen molar-refractivity contribution in [1.82, 2.24) is 4.98 Å². The molecule has 0 unspecified atom stereocenters. The van der Waals surface area contributed by atoms with Gasteiger partial charge >= 0.3 is 5.97 Å². The molecular formula is C9H11NO3. The van der Waals surface area contributed by atoms with Crippen molar-refractivity contribution < 1.29 is 14.7 Å². The largest absolute Gasteiger partial charge is 0.477 e. The number of aromatic nitrogens is 1. The fourth-order valence-electron chi connectivity index (χ4n) is 1.02. The molecule has 0 aliphatic carbocycles. The summed E-state index contributed by atoms with van der Waals surface area (Å²) in [7, 11) is 0. The summed E-state index contributed by atoms with van der Waals surface area (Å²) in [6.07, 6.45) is 1.02. The molecule has 0 atom stereocenters. The standard InChI is InChI=1S/C9H11NO3/c1-6(11)2-3-7-4-5-8(10-7)9(12)13/h4-5,10H,2-3H2,1H3,(H,12,13). The topological polar surface area (TPSA) is 70.2 Å². The van der Waals surface area contributed by atoms with Crippen LogP contribution < -0.4 is 0 Å². The molecule has 70 valence electrons. The van der Waals surface area contributed by atoms with Crippen LogP contribution in [-0.2, 0) is 11.2 Å². The predicted molar refractivity (Wildman–Crippen MR) is 46.8 cm³/mol. The van der Waals surface area contributed by atoms with Gasteiger partial charge in [-0.1, -0.05) is 0 Å². The number of carbonyl (C=O) groups is 2. The molecule has 4 nitrogen and oxygen atoms in total. The summed E-state index contributed by atoms with van der Waals surface area (Å²) < 4.78 is 0. The van der Waals surface area contributed by atoms with Crippen LogP contribution in [-0.4, -0.2) is 21.8 Å². The maximum atomic E-state index is 10.6. The van der Waals surface area contributed by atoms with Gasteiger partial charge in [0.15, 0.2) is 0 Å². The second-order valence-electron chi connectivity index (χ2n) is 2.90. The average Bonchev–Trinajstić information content (AvgIpc) is 2.48. The molecule has 1 aromatic rings. The molecule has 13 heavy (non-hydrogen) atoms. The lowest BCUT2D eigenvalue weighted by atomic mass is 10.2. The summed E-state index contributed by atoms with van der Waals surface area (Å²) in [6.45, 7) is 1.51.